The minimum Gasteiger partial charge on any atom is -0.369 e. The lowest BCUT2D eigenvalue weighted by molar-refractivity contribution is -0.385. The number of rotatable bonds is 5. The van der Waals surface area contributed by atoms with E-state index in [0.29, 0.717) is 5.69 Å². The summed E-state index contributed by atoms with van der Waals surface area (Å²) in [6.45, 7) is 1.98. The van der Waals surface area contributed by atoms with Gasteiger partial charge in [-0.15, -0.1) is 0 Å². The van der Waals surface area contributed by atoms with Crippen LogP contribution < -0.4 is 4.90 Å². The molecule has 0 radical (unpaired) electrons. The van der Waals surface area contributed by atoms with Gasteiger partial charge in [0, 0.05) is 24.9 Å². The van der Waals surface area contributed by atoms with Crippen LogP contribution in [0.3, 0.4) is 0 Å². The van der Waals surface area contributed by atoms with E-state index >= 15 is 0 Å². The van der Waals surface area contributed by atoms with E-state index in [2.05, 4.69) is 0 Å². The third kappa shape index (κ3) is 3.33. The highest BCUT2D eigenvalue weighted by Crippen LogP contribution is 2.25. The number of nitro groups is 1. The normalized spacial score (nSPS) is 12.2. The molecular formula is C11H15FN2O2S. The summed E-state index contributed by atoms with van der Waals surface area (Å²) in [5, 5.41) is 10.5. The van der Waals surface area contributed by atoms with Gasteiger partial charge in [-0.1, -0.05) is 0 Å². The van der Waals surface area contributed by atoms with Crippen molar-refractivity contribution in [2.45, 2.75) is 13.0 Å². The van der Waals surface area contributed by atoms with Gasteiger partial charge >= 0.3 is 0 Å². The van der Waals surface area contributed by atoms with Gasteiger partial charge in [0.1, 0.15) is 0 Å². The topological polar surface area (TPSA) is 46.4 Å². The van der Waals surface area contributed by atoms with E-state index in [1.54, 1.807) is 23.7 Å². The van der Waals surface area contributed by atoms with E-state index in [4.69, 9.17) is 0 Å². The van der Waals surface area contributed by atoms with Gasteiger partial charge in [0.05, 0.1) is 16.7 Å². The largest absolute Gasteiger partial charge is 0.369 e. The number of nitro benzene ring substituents is 1. The molecule has 0 fully saturated rings. The van der Waals surface area contributed by atoms with Crippen molar-refractivity contribution in [3.8, 4) is 0 Å². The number of hydrogen-bond donors (Lipinski definition) is 0. The molecule has 17 heavy (non-hydrogen) atoms. The number of hydrogen-bond acceptors (Lipinski definition) is 4. The highest BCUT2D eigenvalue weighted by atomic mass is 32.2. The fourth-order valence-corrected chi connectivity index (χ4v) is 2.19. The lowest BCUT2D eigenvalue weighted by Crippen LogP contribution is -2.31. The fourth-order valence-electron chi connectivity index (χ4n) is 1.49. The highest BCUT2D eigenvalue weighted by Gasteiger charge is 2.16. The number of non-ortho nitro benzene ring substituents is 1. The third-order valence-electron chi connectivity index (χ3n) is 2.59. The molecule has 0 amide bonds. The van der Waals surface area contributed by atoms with Crippen LogP contribution in [0.15, 0.2) is 18.2 Å². The third-order valence-corrected chi connectivity index (χ3v) is 3.41. The van der Waals surface area contributed by atoms with E-state index in [1.807, 2.05) is 13.2 Å². The van der Waals surface area contributed by atoms with Gasteiger partial charge < -0.3 is 4.90 Å². The Bertz CT molecular complexity index is 414. The van der Waals surface area contributed by atoms with Crippen LogP contribution in [0.25, 0.3) is 0 Å². The van der Waals surface area contributed by atoms with Gasteiger partial charge in [0.25, 0.3) is 5.69 Å². The Morgan fingerprint density at radius 1 is 1.59 bits per heavy atom. The number of halogens is 1. The summed E-state index contributed by atoms with van der Waals surface area (Å²) in [5.41, 5.74) is 0.161. The molecule has 0 saturated heterocycles. The minimum atomic E-state index is -0.599. The second kappa shape index (κ2) is 5.86. The first-order valence-electron chi connectivity index (χ1n) is 5.13. The molecule has 4 nitrogen and oxygen atoms in total. The summed E-state index contributed by atoms with van der Waals surface area (Å²) in [5.74, 6) is 0.307. The van der Waals surface area contributed by atoms with Crippen LogP contribution in [0.4, 0.5) is 15.8 Å². The number of thioether (sulfide) groups is 1. The average molecular weight is 258 g/mol. The highest BCUT2D eigenvalue weighted by molar-refractivity contribution is 7.98. The maximum Gasteiger partial charge on any atom is 0.272 e. The molecule has 1 unspecified atom stereocenters. The summed E-state index contributed by atoms with van der Waals surface area (Å²) in [6, 6.07) is 3.89. The van der Waals surface area contributed by atoms with Crippen LogP contribution in [0, 0.1) is 15.9 Å². The van der Waals surface area contributed by atoms with Crippen LogP contribution in [0.5, 0.6) is 0 Å². The number of benzene rings is 1. The number of anilines is 1. The Labute approximate surface area is 104 Å². The molecule has 1 aromatic rings. The number of nitrogens with zero attached hydrogens (tertiary/aromatic N) is 2. The van der Waals surface area contributed by atoms with Gasteiger partial charge in [-0.3, -0.25) is 10.1 Å². The summed E-state index contributed by atoms with van der Waals surface area (Å²) in [4.78, 5) is 11.7. The molecule has 0 aromatic heterocycles. The van der Waals surface area contributed by atoms with Gasteiger partial charge in [-0.25, -0.2) is 4.39 Å². The van der Waals surface area contributed by atoms with Crippen molar-refractivity contribution >= 4 is 23.1 Å². The van der Waals surface area contributed by atoms with E-state index in [1.165, 1.54) is 12.1 Å². The van der Waals surface area contributed by atoms with Crippen LogP contribution in [0.2, 0.25) is 0 Å². The second-order valence-electron chi connectivity index (χ2n) is 3.81. The van der Waals surface area contributed by atoms with E-state index in [-0.39, 0.29) is 11.7 Å². The van der Waals surface area contributed by atoms with Crippen molar-refractivity contribution in [3.05, 3.63) is 34.1 Å². The Morgan fingerprint density at radius 2 is 2.24 bits per heavy atom. The Kier molecular flexibility index (Phi) is 4.74. The minimum absolute atomic E-state index is 0.168. The Balaban J connectivity index is 2.95. The zero-order valence-corrected chi connectivity index (χ0v) is 10.8. The summed E-state index contributed by atoms with van der Waals surface area (Å²) in [6.07, 6.45) is 1.98. The Morgan fingerprint density at radius 3 is 2.71 bits per heavy atom. The quantitative estimate of drug-likeness (QED) is 0.602. The zero-order chi connectivity index (χ0) is 13.0. The van der Waals surface area contributed by atoms with Gasteiger partial charge in [0.2, 0.25) is 0 Å². The summed E-state index contributed by atoms with van der Waals surface area (Å²) >= 11 is 1.67. The van der Waals surface area contributed by atoms with Crippen LogP contribution in [-0.2, 0) is 0 Å². The van der Waals surface area contributed by atoms with Crippen LogP contribution in [0.1, 0.15) is 6.92 Å². The molecule has 1 atom stereocenters. The average Bonchev–Trinajstić information content (AvgIpc) is 2.28. The smallest absolute Gasteiger partial charge is 0.272 e. The van der Waals surface area contributed by atoms with Crippen LogP contribution in [-0.4, -0.2) is 30.0 Å². The molecule has 0 spiro atoms. The molecule has 6 heteroatoms. The molecule has 94 valence electrons. The maximum atomic E-state index is 13.7. The van der Waals surface area contributed by atoms with E-state index in [0.717, 1.165) is 11.8 Å². The summed E-state index contributed by atoms with van der Waals surface area (Å²) < 4.78 is 13.7. The van der Waals surface area contributed by atoms with Crippen molar-refractivity contribution in [1.82, 2.24) is 0 Å². The van der Waals surface area contributed by atoms with Gasteiger partial charge in [0.15, 0.2) is 5.82 Å². The standard InChI is InChI=1S/C11H15FN2O2S/c1-8(7-17-3)13(2)11-5-4-9(14(15)16)6-10(11)12/h4-6,8H,7H2,1-3H3. The van der Waals surface area contributed by atoms with Crippen molar-refractivity contribution < 1.29 is 9.31 Å². The van der Waals surface area contributed by atoms with Gasteiger partial charge in [-0.2, -0.15) is 11.8 Å². The van der Waals surface area contributed by atoms with Crippen molar-refractivity contribution in [2.75, 3.05) is 24.0 Å². The lowest BCUT2D eigenvalue weighted by Gasteiger charge is -2.26. The SMILES string of the molecule is CSCC(C)N(C)c1ccc([N+](=O)[O-])cc1F. The molecule has 0 bridgehead atoms. The first kappa shape index (κ1) is 13.8. The maximum absolute atomic E-state index is 13.7. The molecule has 0 saturated carbocycles. The molecule has 0 heterocycles. The van der Waals surface area contributed by atoms with Crippen LogP contribution >= 0.6 is 11.8 Å². The van der Waals surface area contributed by atoms with Crippen molar-refractivity contribution in [3.63, 3.8) is 0 Å². The molecule has 1 rings (SSSR count). The first-order valence-corrected chi connectivity index (χ1v) is 6.52. The predicted molar refractivity (Wildman–Crippen MR) is 69.3 cm³/mol. The molecule has 0 N–H and O–H groups in total. The van der Waals surface area contributed by atoms with E-state index in [9.17, 15) is 14.5 Å². The lowest BCUT2D eigenvalue weighted by atomic mass is 10.2. The predicted octanol–water partition coefficient (Wildman–Crippen LogP) is 2.92. The van der Waals surface area contributed by atoms with E-state index < -0.39 is 10.7 Å². The molecule has 0 aliphatic carbocycles. The second-order valence-corrected chi connectivity index (χ2v) is 4.72. The van der Waals surface area contributed by atoms with Crippen molar-refractivity contribution in [1.29, 1.82) is 0 Å². The zero-order valence-electron chi connectivity index (χ0n) is 10.0. The molecule has 0 aliphatic rings. The Hall–Kier alpha value is -1.30. The fraction of sp³-hybridized carbons (Fsp3) is 0.455. The summed E-state index contributed by atoms with van der Waals surface area (Å²) in [7, 11) is 1.78. The molecule has 0 aliphatic heterocycles. The molecule has 1 aromatic carbocycles. The first-order chi connectivity index (χ1) is 7.97. The molecular weight excluding hydrogens is 243 g/mol. The van der Waals surface area contributed by atoms with Gasteiger partial charge in [-0.05, 0) is 19.2 Å². The van der Waals surface area contributed by atoms with Crippen molar-refractivity contribution in [2.24, 2.45) is 0 Å². The monoisotopic (exact) mass is 258 g/mol.